The van der Waals surface area contributed by atoms with Crippen LogP contribution in [0.3, 0.4) is 0 Å². The van der Waals surface area contributed by atoms with Crippen molar-refractivity contribution in [3.63, 3.8) is 0 Å². The fraction of sp³-hybridized carbons (Fsp3) is 0.579. The lowest BCUT2D eigenvalue weighted by molar-refractivity contribution is -0.136. The first-order chi connectivity index (χ1) is 12.5. The average molecular weight is 382 g/mol. The maximum absolute atomic E-state index is 13.8. The fourth-order valence-corrected chi connectivity index (χ4v) is 3.90. The van der Waals surface area contributed by atoms with E-state index in [1.54, 1.807) is 6.92 Å². The number of likely N-dealkylation sites (tertiary alicyclic amines) is 2. The van der Waals surface area contributed by atoms with E-state index in [9.17, 15) is 14.0 Å². The van der Waals surface area contributed by atoms with Gasteiger partial charge in [0.2, 0.25) is 11.8 Å². The van der Waals surface area contributed by atoms with Gasteiger partial charge in [0, 0.05) is 24.0 Å². The largest absolute Gasteiger partial charge is 0.342 e. The third-order valence-corrected chi connectivity index (χ3v) is 5.65. The van der Waals surface area contributed by atoms with Gasteiger partial charge in [0.15, 0.2) is 0 Å². The third-order valence-electron chi connectivity index (χ3n) is 5.41. The van der Waals surface area contributed by atoms with Crippen LogP contribution in [-0.4, -0.2) is 53.8 Å². The zero-order chi connectivity index (χ0) is 18.7. The average Bonchev–Trinajstić information content (AvgIpc) is 3.18. The summed E-state index contributed by atoms with van der Waals surface area (Å²) in [6.07, 6.45) is 3.72. The highest BCUT2D eigenvalue weighted by Crippen LogP contribution is 2.24. The molecule has 2 fully saturated rings. The predicted molar refractivity (Wildman–Crippen MR) is 99.6 cm³/mol. The van der Waals surface area contributed by atoms with Crippen molar-refractivity contribution in [2.24, 2.45) is 5.92 Å². The molecule has 0 saturated carbocycles. The highest BCUT2D eigenvalue weighted by molar-refractivity contribution is 6.30. The second kappa shape index (κ2) is 8.35. The van der Waals surface area contributed by atoms with Gasteiger partial charge in [-0.2, -0.15) is 0 Å². The molecule has 1 unspecified atom stereocenters. The van der Waals surface area contributed by atoms with Crippen molar-refractivity contribution in [2.75, 3.05) is 31.5 Å². The molecule has 1 atom stereocenters. The molecule has 3 rings (SSSR count). The molecule has 1 N–H and O–H groups in total. The zero-order valence-corrected chi connectivity index (χ0v) is 15.8. The molecule has 0 spiro atoms. The van der Waals surface area contributed by atoms with E-state index < -0.39 is 11.9 Å². The molecule has 0 aromatic heterocycles. The summed E-state index contributed by atoms with van der Waals surface area (Å²) in [5.74, 6) is -0.453. The Kier molecular flexibility index (Phi) is 6.14. The van der Waals surface area contributed by atoms with Crippen LogP contribution in [0.4, 0.5) is 10.1 Å². The maximum atomic E-state index is 13.8. The highest BCUT2D eigenvalue weighted by atomic mass is 35.5. The molecule has 2 saturated heterocycles. The van der Waals surface area contributed by atoms with Crippen LogP contribution in [0.25, 0.3) is 0 Å². The molecule has 2 heterocycles. The summed E-state index contributed by atoms with van der Waals surface area (Å²) in [6.45, 7) is 4.94. The quantitative estimate of drug-likeness (QED) is 0.871. The molecule has 5 nitrogen and oxygen atoms in total. The van der Waals surface area contributed by atoms with Gasteiger partial charge in [0.05, 0.1) is 11.7 Å². The van der Waals surface area contributed by atoms with Crippen LogP contribution in [0.5, 0.6) is 0 Å². The van der Waals surface area contributed by atoms with Crippen molar-refractivity contribution < 1.29 is 14.0 Å². The van der Waals surface area contributed by atoms with E-state index in [1.165, 1.54) is 18.2 Å². The van der Waals surface area contributed by atoms with Crippen LogP contribution in [0.1, 0.15) is 32.6 Å². The maximum Gasteiger partial charge on any atom is 0.241 e. The lowest BCUT2D eigenvalue weighted by Gasteiger charge is -2.36. The van der Waals surface area contributed by atoms with Crippen LogP contribution in [0, 0.1) is 11.7 Å². The van der Waals surface area contributed by atoms with E-state index in [-0.39, 0.29) is 23.4 Å². The van der Waals surface area contributed by atoms with Crippen molar-refractivity contribution in [3.05, 3.63) is 29.0 Å². The number of carbonyl (C=O) groups is 2. The Morgan fingerprint density at radius 3 is 2.50 bits per heavy atom. The summed E-state index contributed by atoms with van der Waals surface area (Å²) >= 11 is 5.86. The predicted octanol–water partition coefficient (Wildman–Crippen LogP) is 3.14. The Hall–Kier alpha value is -1.66. The van der Waals surface area contributed by atoms with E-state index in [0.29, 0.717) is 18.1 Å². The van der Waals surface area contributed by atoms with Gasteiger partial charge in [-0.1, -0.05) is 11.6 Å². The normalized spacial score (nSPS) is 20.2. The van der Waals surface area contributed by atoms with E-state index in [1.807, 2.05) is 9.80 Å². The number of carbonyl (C=O) groups excluding carboxylic acids is 2. The molecule has 7 heteroatoms. The molecule has 26 heavy (non-hydrogen) atoms. The standard InChI is InChI=1S/C19H25ClFN3O2/c1-13(18(25)22-17-12-15(20)4-5-16(17)21)23-10-6-14(7-11-23)19(26)24-8-2-3-9-24/h4-5,12-14H,2-3,6-11H2,1H3,(H,22,25). The summed E-state index contributed by atoms with van der Waals surface area (Å²) < 4.78 is 13.8. The van der Waals surface area contributed by atoms with Gasteiger partial charge in [0.25, 0.3) is 0 Å². The minimum Gasteiger partial charge on any atom is -0.342 e. The number of piperidine rings is 1. The Morgan fingerprint density at radius 1 is 1.19 bits per heavy atom. The number of halogens is 2. The van der Waals surface area contributed by atoms with Gasteiger partial charge in [-0.05, 0) is 63.9 Å². The smallest absolute Gasteiger partial charge is 0.241 e. The van der Waals surface area contributed by atoms with Crippen LogP contribution >= 0.6 is 11.6 Å². The van der Waals surface area contributed by atoms with Gasteiger partial charge in [-0.3, -0.25) is 14.5 Å². The molecule has 1 aromatic carbocycles. The molecule has 1 aromatic rings. The number of hydrogen-bond donors (Lipinski definition) is 1. The van der Waals surface area contributed by atoms with Crippen LogP contribution < -0.4 is 5.32 Å². The highest BCUT2D eigenvalue weighted by Gasteiger charge is 2.32. The Morgan fingerprint density at radius 2 is 1.85 bits per heavy atom. The number of nitrogens with one attached hydrogen (secondary N) is 1. The van der Waals surface area contributed by atoms with Gasteiger partial charge in [-0.15, -0.1) is 0 Å². The summed E-state index contributed by atoms with van der Waals surface area (Å²) in [4.78, 5) is 29.0. The second-order valence-electron chi connectivity index (χ2n) is 7.13. The SMILES string of the molecule is CC(C(=O)Nc1cc(Cl)ccc1F)N1CCC(C(=O)N2CCCC2)CC1. The van der Waals surface area contributed by atoms with Crippen molar-refractivity contribution in [1.82, 2.24) is 9.80 Å². The first-order valence-electron chi connectivity index (χ1n) is 9.24. The number of nitrogens with zero attached hydrogens (tertiary/aromatic N) is 2. The van der Waals surface area contributed by atoms with Gasteiger partial charge >= 0.3 is 0 Å². The zero-order valence-electron chi connectivity index (χ0n) is 15.0. The molecule has 2 amide bonds. The van der Waals surface area contributed by atoms with Crippen LogP contribution in [0.15, 0.2) is 18.2 Å². The van der Waals surface area contributed by atoms with Crippen molar-refractivity contribution in [2.45, 2.75) is 38.6 Å². The Labute approximate surface area is 158 Å². The molecular formula is C19H25ClFN3O2. The van der Waals surface area contributed by atoms with Gasteiger partial charge in [0.1, 0.15) is 5.82 Å². The van der Waals surface area contributed by atoms with E-state index in [2.05, 4.69) is 5.32 Å². The third kappa shape index (κ3) is 4.35. The number of benzene rings is 1. The monoisotopic (exact) mass is 381 g/mol. The number of anilines is 1. The molecule has 0 aliphatic carbocycles. The lowest BCUT2D eigenvalue weighted by atomic mass is 9.94. The summed E-state index contributed by atoms with van der Waals surface area (Å²) in [5.41, 5.74) is 0.0912. The minimum absolute atomic E-state index is 0.0602. The van der Waals surface area contributed by atoms with Crippen LogP contribution in [0.2, 0.25) is 5.02 Å². The van der Waals surface area contributed by atoms with Crippen LogP contribution in [-0.2, 0) is 9.59 Å². The van der Waals surface area contributed by atoms with E-state index >= 15 is 0 Å². The van der Waals surface area contributed by atoms with Crippen molar-refractivity contribution >= 4 is 29.1 Å². The first kappa shape index (κ1) is 19.1. The van der Waals surface area contributed by atoms with Gasteiger partial charge < -0.3 is 10.2 Å². The summed E-state index contributed by atoms with van der Waals surface area (Å²) in [7, 11) is 0. The molecule has 142 valence electrons. The molecular weight excluding hydrogens is 357 g/mol. The molecule has 2 aliphatic rings. The number of amides is 2. The number of hydrogen-bond acceptors (Lipinski definition) is 3. The molecule has 2 aliphatic heterocycles. The van der Waals surface area contributed by atoms with Crippen molar-refractivity contribution in [1.29, 1.82) is 0 Å². The Bertz CT molecular complexity index is 671. The number of rotatable bonds is 4. The minimum atomic E-state index is -0.509. The lowest BCUT2D eigenvalue weighted by Crippen LogP contribution is -2.48. The summed E-state index contributed by atoms with van der Waals surface area (Å²) in [6, 6.07) is 3.69. The summed E-state index contributed by atoms with van der Waals surface area (Å²) in [5, 5.41) is 2.98. The topological polar surface area (TPSA) is 52.7 Å². The van der Waals surface area contributed by atoms with E-state index in [0.717, 1.165) is 38.8 Å². The molecule has 0 radical (unpaired) electrons. The fourth-order valence-electron chi connectivity index (χ4n) is 3.73. The first-order valence-corrected chi connectivity index (χ1v) is 9.62. The Balaban J connectivity index is 1.52. The van der Waals surface area contributed by atoms with Crippen molar-refractivity contribution in [3.8, 4) is 0 Å². The second-order valence-corrected chi connectivity index (χ2v) is 7.57. The van der Waals surface area contributed by atoms with E-state index in [4.69, 9.17) is 11.6 Å². The van der Waals surface area contributed by atoms with Gasteiger partial charge in [-0.25, -0.2) is 4.39 Å². The molecule has 0 bridgehead atoms.